The molecule has 3 amide bonds. The van der Waals surface area contributed by atoms with E-state index in [-0.39, 0.29) is 6.54 Å². The zero-order valence-electron chi connectivity index (χ0n) is 16.3. The van der Waals surface area contributed by atoms with Crippen LogP contribution >= 0.6 is 23.5 Å². The van der Waals surface area contributed by atoms with Crippen molar-refractivity contribution in [1.82, 2.24) is 4.90 Å². The van der Waals surface area contributed by atoms with Gasteiger partial charge in [0.1, 0.15) is 6.54 Å². The molecule has 1 aliphatic heterocycles. The first-order valence-electron chi connectivity index (χ1n) is 8.84. The molecule has 0 aliphatic carbocycles. The molecule has 0 bridgehead atoms. The minimum Gasteiger partial charge on any atom is -0.378 e. The fraction of sp³-hybridized carbons (Fsp3) is 0.190. The summed E-state index contributed by atoms with van der Waals surface area (Å²) >= 11 is 2.41. The Morgan fingerprint density at radius 3 is 2.55 bits per heavy atom. The van der Waals surface area contributed by atoms with Gasteiger partial charge in [0.25, 0.3) is 11.1 Å². The third-order valence-corrected chi connectivity index (χ3v) is 5.87. The Morgan fingerprint density at radius 1 is 1.17 bits per heavy atom. The van der Waals surface area contributed by atoms with E-state index in [1.807, 2.05) is 67.7 Å². The van der Waals surface area contributed by atoms with Crippen LogP contribution in [-0.4, -0.2) is 48.8 Å². The second kappa shape index (κ2) is 9.19. The molecule has 6 nitrogen and oxygen atoms in total. The van der Waals surface area contributed by atoms with Crippen molar-refractivity contribution in [2.75, 3.05) is 37.1 Å². The molecule has 3 rings (SSSR count). The first kappa shape index (κ1) is 21.0. The van der Waals surface area contributed by atoms with Crippen molar-refractivity contribution in [2.24, 2.45) is 0 Å². The Labute approximate surface area is 178 Å². The van der Waals surface area contributed by atoms with E-state index < -0.39 is 17.1 Å². The molecule has 0 spiro atoms. The number of imide groups is 1. The zero-order chi connectivity index (χ0) is 21.0. The van der Waals surface area contributed by atoms with Crippen molar-refractivity contribution in [3.05, 3.63) is 59.0 Å². The Hall–Kier alpha value is -2.71. The van der Waals surface area contributed by atoms with E-state index in [1.54, 1.807) is 23.9 Å². The van der Waals surface area contributed by atoms with Gasteiger partial charge in [0.2, 0.25) is 5.91 Å². The molecule has 0 saturated carbocycles. The van der Waals surface area contributed by atoms with Gasteiger partial charge < -0.3 is 10.2 Å². The smallest absolute Gasteiger partial charge is 0.294 e. The number of benzene rings is 2. The number of nitrogens with one attached hydrogen (secondary N) is 1. The Balaban J connectivity index is 1.67. The fourth-order valence-corrected chi connectivity index (χ4v) is 4.00. The summed E-state index contributed by atoms with van der Waals surface area (Å²) in [7, 11) is 3.89. The van der Waals surface area contributed by atoms with Gasteiger partial charge in [-0.25, -0.2) is 0 Å². The first-order valence-corrected chi connectivity index (χ1v) is 10.9. The molecule has 29 heavy (non-hydrogen) atoms. The molecular formula is C21H21N3O3S2. The predicted octanol–water partition coefficient (Wildman–Crippen LogP) is 4.15. The molecule has 2 aromatic carbocycles. The molecule has 0 aromatic heterocycles. The monoisotopic (exact) mass is 427 g/mol. The standard InChI is InChI=1S/C21H21N3O3S2/c1-23(2)16-9-7-14(8-10-16)11-18-20(26)24(21(27)29-18)13-19(25)22-15-5-4-6-17(12-15)28-3/h4-12H,13H2,1-3H3,(H,22,25). The molecule has 1 saturated heterocycles. The van der Waals surface area contributed by atoms with Crippen LogP contribution in [0.5, 0.6) is 0 Å². The second-order valence-corrected chi connectivity index (χ2v) is 8.41. The number of hydrogen-bond donors (Lipinski definition) is 1. The highest BCUT2D eigenvalue weighted by atomic mass is 32.2. The topological polar surface area (TPSA) is 69.7 Å². The summed E-state index contributed by atoms with van der Waals surface area (Å²) in [6, 6.07) is 15.0. The lowest BCUT2D eigenvalue weighted by molar-refractivity contribution is -0.127. The normalized spacial score (nSPS) is 15.1. The number of rotatable bonds is 6. The van der Waals surface area contributed by atoms with Crippen molar-refractivity contribution in [2.45, 2.75) is 4.90 Å². The maximum absolute atomic E-state index is 12.6. The molecule has 0 radical (unpaired) electrons. The zero-order valence-corrected chi connectivity index (χ0v) is 18.0. The number of thioether (sulfide) groups is 2. The summed E-state index contributed by atoms with van der Waals surface area (Å²) < 4.78 is 0. The SMILES string of the molecule is CSc1cccc(NC(=O)CN2C(=O)SC(=Cc3ccc(N(C)C)cc3)C2=O)c1. The summed E-state index contributed by atoms with van der Waals surface area (Å²) in [6.45, 7) is -0.314. The number of carbonyl (C=O) groups excluding carboxylic acids is 3. The average Bonchev–Trinajstić information content (AvgIpc) is 2.96. The molecule has 1 heterocycles. The van der Waals surface area contributed by atoms with Gasteiger partial charge in [-0.15, -0.1) is 11.8 Å². The Morgan fingerprint density at radius 2 is 1.90 bits per heavy atom. The molecule has 1 N–H and O–H groups in total. The number of nitrogens with zero attached hydrogens (tertiary/aromatic N) is 2. The quantitative estimate of drug-likeness (QED) is 0.552. The molecular weight excluding hydrogens is 406 g/mol. The maximum atomic E-state index is 12.6. The Kier molecular flexibility index (Phi) is 6.66. The van der Waals surface area contributed by atoms with E-state index >= 15 is 0 Å². The van der Waals surface area contributed by atoms with Crippen molar-refractivity contribution < 1.29 is 14.4 Å². The molecule has 0 atom stereocenters. The van der Waals surface area contributed by atoms with Gasteiger partial charge in [-0.3, -0.25) is 19.3 Å². The highest BCUT2D eigenvalue weighted by Gasteiger charge is 2.36. The number of amides is 3. The van der Waals surface area contributed by atoms with Gasteiger partial charge in [0.15, 0.2) is 0 Å². The fourth-order valence-electron chi connectivity index (χ4n) is 2.70. The highest BCUT2D eigenvalue weighted by molar-refractivity contribution is 8.18. The number of carbonyl (C=O) groups is 3. The van der Waals surface area contributed by atoms with Crippen molar-refractivity contribution in [1.29, 1.82) is 0 Å². The summed E-state index contributed by atoms with van der Waals surface area (Å²) in [4.78, 5) is 41.5. The van der Waals surface area contributed by atoms with Crippen LogP contribution < -0.4 is 10.2 Å². The van der Waals surface area contributed by atoms with E-state index in [9.17, 15) is 14.4 Å². The van der Waals surface area contributed by atoms with E-state index in [2.05, 4.69) is 5.32 Å². The molecule has 8 heteroatoms. The average molecular weight is 428 g/mol. The number of hydrogen-bond acceptors (Lipinski definition) is 6. The molecule has 1 fully saturated rings. The van der Waals surface area contributed by atoms with Gasteiger partial charge in [-0.1, -0.05) is 18.2 Å². The third-order valence-electron chi connectivity index (χ3n) is 4.24. The van der Waals surface area contributed by atoms with Gasteiger partial charge >= 0.3 is 0 Å². The summed E-state index contributed by atoms with van der Waals surface area (Å²) in [5.41, 5.74) is 2.49. The molecule has 1 aliphatic rings. The van der Waals surface area contributed by atoms with Crippen LogP contribution in [0.3, 0.4) is 0 Å². The van der Waals surface area contributed by atoms with Gasteiger partial charge in [-0.05, 0) is 60.0 Å². The minimum absolute atomic E-state index is 0.310. The van der Waals surface area contributed by atoms with Crippen LogP contribution in [0.4, 0.5) is 16.2 Å². The largest absolute Gasteiger partial charge is 0.378 e. The van der Waals surface area contributed by atoms with Gasteiger partial charge in [0.05, 0.1) is 4.91 Å². The molecule has 2 aromatic rings. The van der Waals surface area contributed by atoms with Crippen molar-refractivity contribution in [3.8, 4) is 0 Å². The van der Waals surface area contributed by atoms with Crippen molar-refractivity contribution in [3.63, 3.8) is 0 Å². The lowest BCUT2D eigenvalue weighted by atomic mass is 10.2. The molecule has 150 valence electrons. The highest BCUT2D eigenvalue weighted by Crippen LogP contribution is 2.32. The van der Waals surface area contributed by atoms with E-state index in [0.29, 0.717) is 10.6 Å². The van der Waals surface area contributed by atoms with Gasteiger partial charge in [0, 0.05) is 30.4 Å². The van der Waals surface area contributed by atoms with Crippen molar-refractivity contribution >= 4 is 58.0 Å². The second-order valence-electron chi connectivity index (χ2n) is 6.53. The predicted molar refractivity (Wildman–Crippen MR) is 120 cm³/mol. The van der Waals surface area contributed by atoms with Crippen LogP contribution in [0, 0.1) is 0 Å². The van der Waals surface area contributed by atoms with Crippen LogP contribution in [0.15, 0.2) is 58.3 Å². The van der Waals surface area contributed by atoms with E-state index in [4.69, 9.17) is 0 Å². The maximum Gasteiger partial charge on any atom is 0.294 e. The Bertz CT molecular complexity index is 971. The first-order chi connectivity index (χ1) is 13.9. The van der Waals surface area contributed by atoms with Crippen LogP contribution in [0.2, 0.25) is 0 Å². The van der Waals surface area contributed by atoms with Crippen LogP contribution in [0.1, 0.15) is 5.56 Å². The van der Waals surface area contributed by atoms with Crippen LogP contribution in [-0.2, 0) is 9.59 Å². The van der Waals surface area contributed by atoms with E-state index in [0.717, 1.165) is 32.8 Å². The molecule has 0 unspecified atom stereocenters. The number of anilines is 2. The summed E-state index contributed by atoms with van der Waals surface area (Å²) in [6.07, 6.45) is 3.62. The third kappa shape index (κ3) is 5.21. The van der Waals surface area contributed by atoms with Crippen LogP contribution in [0.25, 0.3) is 6.08 Å². The van der Waals surface area contributed by atoms with Gasteiger partial charge in [-0.2, -0.15) is 0 Å². The summed E-state index contributed by atoms with van der Waals surface area (Å²) in [5.74, 6) is -0.869. The lowest BCUT2D eigenvalue weighted by Crippen LogP contribution is -2.36. The minimum atomic E-state index is -0.454. The summed E-state index contributed by atoms with van der Waals surface area (Å²) in [5, 5.41) is 2.29. The van der Waals surface area contributed by atoms with E-state index in [1.165, 1.54) is 0 Å². The lowest BCUT2D eigenvalue weighted by Gasteiger charge is -2.13.